The number of rotatable bonds is 4. The monoisotopic (exact) mass is 330 g/mol. The lowest BCUT2D eigenvalue weighted by atomic mass is 9.92. The molecule has 1 saturated heterocycles. The summed E-state index contributed by atoms with van der Waals surface area (Å²) in [6.07, 6.45) is 0. The highest BCUT2D eigenvalue weighted by Crippen LogP contribution is 2.27. The minimum Gasteiger partial charge on any atom is -0.308 e. The first kappa shape index (κ1) is 17.1. The fraction of sp³-hybridized carbons (Fsp3) is 0.400. The summed E-state index contributed by atoms with van der Waals surface area (Å²) in [6, 6.07) is 13.0. The first-order valence-electron chi connectivity index (χ1n) is 8.53. The summed E-state index contributed by atoms with van der Waals surface area (Å²) in [4.78, 5) is 2.30. The van der Waals surface area contributed by atoms with Gasteiger partial charge in [0.15, 0.2) is 11.6 Å². The van der Waals surface area contributed by atoms with Gasteiger partial charge < -0.3 is 5.32 Å². The van der Waals surface area contributed by atoms with E-state index in [9.17, 15) is 8.78 Å². The molecule has 0 amide bonds. The minimum absolute atomic E-state index is 0.266. The van der Waals surface area contributed by atoms with Crippen LogP contribution >= 0.6 is 0 Å². The molecule has 0 unspecified atom stereocenters. The quantitative estimate of drug-likeness (QED) is 0.902. The van der Waals surface area contributed by atoms with E-state index in [1.807, 2.05) is 0 Å². The molecule has 0 bridgehead atoms. The molecule has 0 aromatic heterocycles. The first-order chi connectivity index (χ1) is 11.5. The fourth-order valence-corrected chi connectivity index (χ4v) is 3.41. The highest BCUT2D eigenvalue weighted by Gasteiger charge is 2.23. The highest BCUT2D eigenvalue weighted by atomic mass is 19.2. The van der Waals surface area contributed by atoms with Crippen molar-refractivity contribution in [2.45, 2.75) is 32.4 Å². The van der Waals surface area contributed by atoms with Gasteiger partial charge in [-0.3, -0.25) is 4.90 Å². The second kappa shape index (κ2) is 7.41. The first-order valence-corrected chi connectivity index (χ1v) is 8.53. The number of hydrogen-bond acceptors (Lipinski definition) is 2. The molecule has 4 heteroatoms. The van der Waals surface area contributed by atoms with E-state index >= 15 is 0 Å². The smallest absolute Gasteiger partial charge is 0.159 e. The predicted octanol–water partition coefficient (Wildman–Crippen LogP) is 4.23. The molecule has 2 aromatic carbocycles. The number of benzene rings is 2. The van der Waals surface area contributed by atoms with E-state index in [0.717, 1.165) is 25.2 Å². The Morgan fingerprint density at radius 3 is 2.67 bits per heavy atom. The lowest BCUT2D eigenvalue weighted by Crippen LogP contribution is -2.45. The van der Waals surface area contributed by atoms with E-state index in [2.05, 4.69) is 48.3 Å². The van der Waals surface area contributed by atoms with Gasteiger partial charge >= 0.3 is 0 Å². The molecule has 0 saturated carbocycles. The average molecular weight is 330 g/mol. The van der Waals surface area contributed by atoms with Crippen LogP contribution < -0.4 is 5.32 Å². The van der Waals surface area contributed by atoms with Crippen LogP contribution in [-0.4, -0.2) is 24.5 Å². The van der Waals surface area contributed by atoms with Crippen LogP contribution in [0.2, 0.25) is 0 Å². The van der Waals surface area contributed by atoms with Crippen LogP contribution in [0.25, 0.3) is 0 Å². The van der Waals surface area contributed by atoms with Gasteiger partial charge in [-0.2, -0.15) is 0 Å². The molecule has 24 heavy (non-hydrogen) atoms. The molecule has 1 N–H and O–H groups in total. The van der Waals surface area contributed by atoms with Gasteiger partial charge in [0.1, 0.15) is 0 Å². The van der Waals surface area contributed by atoms with Gasteiger partial charge in [0.05, 0.1) is 0 Å². The Bertz CT molecular complexity index is 700. The van der Waals surface area contributed by atoms with Gasteiger partial charge in [-0.15, -0.1) is 0 Å². The molecule has 0 aliphatic carbocycles. The maximum atomic E-state index is 13.4. The van der Waals surface area contributed by atoms with Crippen molar-refractivity contribution in [2.75, 3.05) is 19.6 Å². The van der Waals surface area contributed by atoms with Gasteiger partial charge in [-0.25, -0.2) is 8.78 Å². The van der Waals surface area contributed by atoms with Crippen LogP contribution in [0.15, 0.2) is 42.5 Å². The van der Waals surface area contributed by atoms with Crippen molar-refractivity contribution in [3.63, 3.8) is 0 Å². The summed E-state index contributed by atoms with van der Waals surface area (Å²) in [7, 11) is 0. The Hall–Kier alpha value is -1.78. The third-order valence-corrected chi connectivity index (χ3v) is 4.64. The molecule has 2 aromatic rings. The van der Waals surface area contributed by atoms with Crippen molar-refractivity contribution in [2.24, 2.45) is 0 Å². The van der Waals surface area contributed by atoms with E-state index in [4.69, 9.17) is 0 Å². The van der Waals surface area contributed by atoms with E-state index < -0.39 is 11.6 Å². The second-order valence-electron chi connectivity index (χ2n) is 6.77. The van der Waals surface area contributed by atoms with Crippen molar-refractivity contribution in [3.05, 3.63) is 70.8 Å². The number of hydrogen-bond donors (Lipinski definition) is 1. The van der Waals surface area contributed by atoms with Crippen molar-refractivity contribution in [1.29, 1.82) is 0 Å². The van der Waals surface area contributed by atoms with Gasteiger partial charge in [-0.1, -0.05) is 44.2 Å². The van der Waals surface area contributed by atoms with Gasteiger partial charge in [0, 0.05) is 32.2 Å². The molecular formula is C20H24F2N2. The second-order valence-corrected chi connectivity index (χ2v) is 6.77. The lowest BCUT2D eigenvalue weighted by molar-refractivity contribution is 0.192. The third kappa shape index (κ3) is 3.82. The fourth-order valence-electron chi connectivity index (χ4n) is 3.41. The SMILES string of the molecule is CC(C)c1ccccc1[C@H]1CN(Cc2ccc(F)c(F)c2)CCN1. The van der Waals surface area contributed by atoms with Crippen LogP contribution in [0.4, 0.5) is 8.78 Å². The Kier molecular flexibility index (Phi) is 5.27. The molecule has 3 rings (SSSR count). The van der Waals surface area contributed by atoms with Crippen LogP contribution in [-0.2, 0) is 6.54 Å². The van der Waals surface area contributed by atoms with Crippen LogP contribution in [0, 0.1) is 11.6 Å². The largest absolute Gasteiger partial charge is 0.308 e. The number of nitrogens with zero attached hydrogens (tertiary/aromatic N) is 1. The summed E-state index contributed by atoms with van der Waals surface area (Å²) >= 11 is 0. The summed E-state index contributed by atoms with van der Waals surface area (Å²) in [6.45, 7) is 7.71. The molecule has 1 aliphatic rings. The van der Waals surface area contributed by atoms with Crippen LogP contribution in [0.1, 0.15) is 42.5 Å². The molecular weight excluding hydrogens is 306 g/mol. The van der Waals surface area contributed by atoms with Crippen molar-refractivity contribution in [1.82, 2.24) is 10.2 Å². The average Bonchev–Trinajstić information content (AvgIpc) is 2.58. The number of piperazine rings is 1. The summed E-state index contributed by atoms with van der Waals surface area (Å²) in [5.74, 6) is -1.09. The zero-order valence-corrected chi connectivity index (χ0v) is 14.2. The van der Waals surface area contributed by atoms with Crippen molar-refractivity contribution < 1.29 is 8.78 Å². The lowest BCUT2D eigenvalue weighted by Gasteiger charge is -2.35. The van der Waals surface area contributed by atoms with E-state index in [1.165, 1.54) is 23.3 Å². The van der Waals surface area contributed by atoms with Crippen LogP contribution in [0.3, 0.4) is 0 Å². The summed E-state index contributed by atoms with van der Waals surface area (Å²) in [5.41, 5.74) is 3.51. The standard InChI is InChI=1S/C20H24F2N2/c1-14(2)16-5-3-4-6-17(16)20-13-24(10-9-23-20)12-15-7-8-18(21)19(22)11-15/h3-8,11,14,20,23H,9-10,12-13H2,1-2H3/t20-/m1/s1. The topological polar surface area (TPSA) is 15.3 Å². The van der Waals surface area contributed by atoms with Crippen molar-refractivity contribution in [3.8, 4) is 0 Å². The maximum absolute atomic E-state index is 13.4. The molecule has 128 valence electrons. The maximum Gasteiger partial charge on any atom is 0.159 e. The molecule has 1 atom stereocenters. The molecule has 1 heterocycles. The minimum atomic E-state index is -0.789. The van der Waals surface area contributed by atoms with E-state index in [-0.39, 0.29) is 6.04 Å². The molecule has 2 nitrogen and oxygen atoms in total. The Labute approximate surface area is 142 Å². The zero-order chi connectivity index (χ0) is 17.1. The van der Waals surface area contributed by atoms with Crippen molar-refractivity contribution >= 4 is 0 Å². The predicted molar refractivity (Wildman–Crippen MR) is 92.9 cm³/mol. The zero-order valence-electron chi connectivity index (χ0n) is 14.2. The number of halogens is 2. The Morgan fingerprint density at radius 1 is 1.12 bits per heavy atom. The molecule has 0 radical (unpaired) electrons. The highest BCUT2D eigenvalue weighted by molar-refractivity contribution is 5.33. The molecule has 0 spiro atoms. The summed E-state index contributed by atoms with van der Waals surface area (Å²) in [5, 5.41) is 3.59. The Morgan fingerprint density at radius 2 is 1.92 bits per heavy atom. The Balaban J connectivity index is 1.74. The third-order valence-electron chi connectivity index (χ3n) is 4.64. The van der Waals surface area contributed by atoms with E-state index in [0.29, 0.717) is 12.5 Å². The van der Waals surface area contributed by atoms with Gasteiger partial charge in [0.25, 0.3) is 0 Å². The van der Waals surface area contributed by atoms with Gasteiger partial charge in [-0.05, 0) is 34.7 Å². The molecule has 1 aliphatic heterocycles. The van der Waals surface area contributed by atoms with Crippen LogP contribution in [0.5, 0.6) is 0 Å². The number of nitrogens with one attached hydrogen (secondary N) is 1. The van der Waals surface area contributed by atoms with Gasteiger partial charge in [0.2, 0.25) is 0 Å². The van der Waals surface area contributed by atoms with E-state index in [1.54, 1.807) is 6.07 Å². The summed E-state index contributed by atoms with van der Waals surface area (Å²) < 4.78 is 26.5. The normalized spacial score (nSPS) is 19.0. The molecule has 1 fully saturated rings.